The van der Waals surface area contributed by atoms with Crippen LogP contribution in [0.2, 0.25) is 0 Å². The van der Waals surface area contributed by atoms with E-state index < -0.39 is 9.84 Å². The van der Waals surface area contributed by atoms with Crippen molar-refractivity contribution in [3.63, 3.8) is 0 Å². The summed E-state index contributed by atoms with van der Waals surface area (Å²) in [5.74, 6) is 0.223. The van der Waals surface area contributed by atoms with Crippen LogP contribution in [0.4, 0.5) is 0 Å². The van der Waals surface area contributed by atoms with Gasteiger partial charge in [-0.15, -0.1) is 6.58 Å². The molecule has 1 N–H and O–H groups in total. The second-order valence-electron chi connectivity index (χ2n) is 4.02. The van der Waals surface area contributed by atoms with Crippen LogP contribution in [0, 0.1) is 5.41 Å². The van der Waals surface area contributed by atoms with Crippen LogP contribution in [-0.2, 0) is 9.84 Å². The maximum absolute atomic E-state index is 11.0. The Morgan fingerprint density at radius 3 is 2.43 bits per heavy atom. The van der Waals surface area contributed by atoms with Crippen LogP contribution in [0.1, 0.15) is 20.3 Å². The fraction of sp³-hybridized carbons (Fsp3) is 0.800. The van der Waals surface area contributed by atoms with Gasteiger partial charge in [0.1, 0.15) is 9.84 Å². The van der Waals surface area contributed by atoms with E-state index in [4.69, 9.17) is 0 Å². The lowest BCUT2D eigenvalue weighted by Crippen LogP contribution is -2.31. The van der Waals surface area contributed by atoms with Gasteiger partial charge < -0.3 is 5.32 Å². The Morgan fingerprint density at radius 2 is 2.07 bits per heavy atom. The van der Waals surface area contributed by atoms with E-state index in [9.17, 15) is 8.42 Å². The molecule has 0 heterocycles. The first-order valence-electron chi connectivity index (χ1n) is 4.85. The van der Waals surface area contributed by atoms with E-state index in [1.54, 1.807) is 0 Å². The van der Waals surface area contributed by atoms with Gasteiger partial charge in [-0.05, 0) is 18.4 Å². The monoisotopic (exact) mass is 219 g/mol. The van der Waals surface area contributed by atoms with Gasteiger partial charge in [0.25, 0.3) is 0 Å². The summed E-state index contributed by atoms with van der Waals surface area (Å²) in [7, 11) is -2.87. The minimum Gasteiger partial charge on any atom is -0.316 e. The quantitative estimate of drug-likeness (QED) is 0.655. The highest BCUT2D eigenvalue weighted by atomic mass is 32.2. The third-order valence-electron chi connectivity index (χ3n) is 2.32. The van der Waals surface area contributed by atoms with Crippen LogP contribution in [0.3, 0.4) is 0 Å². The summed E-state index contributed by atoms with van der Waals surface area (Å²) in [6.45, 7) is 9.47. The third-order valence-corrected chi connectivity index (χ3v) is 3.26. The van der Waals surface area contributed by atoms with Gasteiger partial charge in [0, 0.05) is 12.8 Å². The lowest BCUT2D eigenvalue weighted by molar-refractivity contribution is 0.385. The molecule has 4 heteroatoms. The highest BCUT2D eigenvalue weighted by Crippen LogP contribution is 2.22. The molecule has 0 rings (SSSR count). The average Bonchev–Trinajstić information content (AvgIpc) is 2.10. The van der Waals surface area contributed by atoms with Crippen LogP contribution in [-0.4, -0.2) is 33.5 Å². The number of hydrogen-bond acceptors (Lipinski definition) is 3. The van der Waals surface area contributed by atoms with E-state index in [-0.39, 0.29) is 11.2 Å². The van der Waals surface area contributed by atoms with Gasteiger partial charge in [-0.1, -0.05) is 19.9 Å². The Bertz CT molecular complexity index is 272. The molecule has 14 heavy (non-hydrogen) atoms. The van der Waals surface area contributed by atoms with Crippen LogP contribution in [0.25, 0.3) is 0 Å². The van der Waals surface area contributed by atoms with Crippen molar-refractivity contribution < 1.29 is 8.42 Å². The van der Waals surface area contributed by atoms with Crippen molar-refractivity contribution in [1.29, 1.82) is 0 Å². The Kier molecular flexibility index (Phi) is 5.37. The maximum Gasteiger partial charge on any atom is 0.147 e. The fourth-order valence-corrected chi connectivity index (χ4v) is 1.93. The Hall–Kier alpha value is -0.350. The summed E-state index contributed by atoms with van der Waals surface area (Å²) in [6, 6.07) is 0. The van der Waals surface area contributed by atoms with E-state index in [0.717, 1.165) is 13.1 Å². The molecule has 0 aromatic rings. The second-order valence-corrected chi connectivity index (χ2v) is 6.28. The molecule has 0 saturated carbocycles. The molecule has 0 aliphatic carbocycles. The molecule has 1 atom stereocenters. The molecule has 0 spiro atoms. The minimum absolute atomic E-state index is 0.126. The van der Waals surface area contributed by atoms with Crippen molar-refractivity contribution >= 4 is 9.84 Å². The molecule has 0 saturated heterocycles. The van der Waals surface area contributed by atoms with Crippen LogP contribution in [0.15, 0.2) is 12.7 Å². The van der Waals surface area contributed by atoms with Crippen molar-refractivity contribution in [2.75, 3.05) is 25.1 Å². The first-order chi connectivity index (χ1) is 6.33. The molecular weight excluding hydrogens is 198 g/mol. The van der Waals surface area contributed by atoms with Crippen molar-refractivity contribution in [2.24, 2.45) is 5.41 Å². The lowest BCUT2D eigenvalue weighted by Gasteiger charge is -2.25. The molecule has 0 fully saturated rings. The van der Waals surface area contributed by atoms with Crippen molar-refractivity contribution in [3.8, 4) is 0 Å². The number of hydrogen-bond donors (Lipinski definition) is 1. The second kappa shape index (κ2) is 5.51. The molecule has 0 radical (unpaired) electrons. The zero-order chi connectivity index (χ0) is 11.2. The van der Waals surface area contributed by atoms with Crippen molar-refractivity contribution in [2.45, 2.75) is 20.3 Å². The summed E-state index contributed by atoms with van der Waals surface area (Å²) < 4.78 is 22.0. The first kappa shape index (κ1) is 13.7. The van der Waals surface area contributed by atoms with Crippen LogP contribution >= 0.6 is 0 Å². The summed E-state index contributed by atoms with van der Waals surface area (Å²) in [5.41, 5.74) is -0.126. The minimum atomic E-state index is -2.87. The standard InChI is InChI=1S/C10H21NO2S/c1-5-10(3,9-11-6-2)7-8-14(4,12)13/h5,11H,1,6-9H2,2-4H3. The number of sulfone groups is 1. The number of nitrogens with one attached hydrogen (secondary N) is 1. The van der Waals surface area contributed by atoms with Crippen LogP contribution in [0.5, 0.6) is 0 Å². The van der Waals surface area contributed by atoms with Crippen molar-refractivity contribution in [1.82, 2.24) is 5.32 Å². The molecule has 84 valence electrons. The predicted octanol–water partition coefficient (Wildman–Crippen LogP) is 1.22. The molecule has 0 aliphatic rings. The molecule has 1 unspecified atom stereocenters. The smallest absolute Gasteiger partial charge is 0.147 e. The van der Waals surface area contributed by atoms with Gasteiger partial charge in [0.05, 0.1) is 5.75 Å². The normalized spacial score (nSPS) is 16.2. The van der Waals surface area contributed by atoms with Crippen LogP contribution < -0.4 is 5.32 Å². The summed E-state index contributed by atoms with van der Waals surface area (Å²) in [4.78, 5) is 0. The Balaban J connectivity index is 4.19. The van der Waals surface area contributed by atoms with E-state index in [2.05, 4.69) is 11.9 Å². The molecule has 0 aromatic heterocycles. The predicted molar refractivity (Wildman–Crippen MR) is 61.2 cm³/mol. The molecule has 0 aromatic carbocycles. The van der Waals surface area contributed by atoms with Gasteiger partial charge in [-0.3, -0.25) is 0 Å². The van der Waals surface area contributed by atoms with Gasteiger partial charge >= 0.3 is 0 Å². The zero-order valence-electron chi connectivity index (χ0n) is 9.34. The summed E-state index contributed by atoms with van der Waals surface area (Å²) >= 11 is 0. The van der Waals surface area contributed by atoms with E-state index in [1.165, 1.54) is 6.26 Å². The number of rotatable bonds is 7. The van der Waals surface area contributed by atoms with Gasteiger partial charge in [0.15, 0.2) is 0 Å². The van der Waals surface area contributed by atoms with E-state index in [0.29, 0.717) is 6.42 Å². The SMILES string of the molecule is C=CC(C)(CCS(C)(=O)=O)CNCC. The fourth-order valence-electron chi connectivity index (χ4n) is 1.09. The largest absolute Gasteiger partial charge is 0.316 e. The molecule has 0 amide bonds. The van der Waals surface area contributed by atoms with Crippen molar-refractivity contribution in [3.05, 3.63) is 12.7 Å². The summed E-state index contributed by atoms with van der Waals surface area (Å²) in [5, 5.41) is 3.21. The van der Waals surface area contributed by atoms with Gasteiger partial charge in [-0.25, -0.2) is 8.42 Å². The van der Waals surface area contributed by atoms with E-state index >= 15 is 0 Å². The molecule has 0 bridgehead atoms. The van der Waals surface area contributed by atoms with Gasteiger partial charge in [-0.2, -0.15) is 0 Å². The first-order valence-corrected chi connectivity index (χ1v) is 6.91. The lowest BCUT2D eigenvalue weighted by atomic mass is 9.88. The zero-order valence-corrected chi connectivity index (χ0v) is 10.2. The van der Waals surface area contributed by atoms with E-state index in [1.807, 2.05) is 19.9 Å². The molecule has 0 aliphatic heterocycles. The van der Waals surface area contributed by atoms with Gasteiger partial charge in [0.2, 0.25) is 0 Å². The third kappa shape index (κ3) is 6.16. The Morgan fingerprint density at radius 1 is 1.50 bits per heavy atom. The highest BCUT2D eigenvalue weighted by Gasteiger charge is 2.21. The molecule has 3 nitrogen and oxygen atoms in total. The highest BCUT2D eigenvalue weighted by molar-refractivity contribution is 7.90. The maximum atomic E-state index is 11.0. The Labute approximate surface area is 87.5 Å². The average molecular weight is 219 g/mol. The summed E-state index contributed by atoms with van der Waals surface area (Å²) in [6.07, 6.45) is 3.73. The molecular formula is C10H21NO2S. The topological polar surface area (TPSA) is 46.2 Å².